The van der Waals surface area contributed by atoms with Crippen molar-refractivity contribution in [1.82, 2.24) is 0 Å². The van der Waals surface area contributed by atoms with Gasteiger partial charge in [0.05, 0.1) is 32.2 Å². The van der Waals surface area contributed by atoms with Crippen LogP contribution in [-0.4, -0.2) is 39.3 Å². The van der Waals surface area contributed by atoms with E-state index in [1.807, 2.05) is 6.92 Å². The number of hydrogen-bond acceptors (Lipinski definition) is 3. The average Bonchev–Trinajstić information content (AvgIpc) is 2.10. The van der Waals surface area contributed by atoms with Crippen molar-refractivity contribution in [2.75, 3.05) is 33.5 Å². The number of methoxy groups -OCH3 is 1. The molecule has 0 fully saturated rings. The molecule has 0 heterocycles. The number of rotatable bonds is 7. The van der Waals surface area contributed by atoms with E-state index in [0.717, 1.165) is 6.42 Å². The molecule has 2 N–H and O–H groups in total. The Balaban J connectivity index is 3.10. The fraction of sp³-hybridized carbons (Fsp3) is 0.875. The minimum absolute atomic E-state index is 0.615. The molecule has 0 amide bonds. The van der Waals surface area contributed by atoms with Gasteiger partial charge in [-0.3, -0.25) is 4.99 Å². The van der Waals surface area contributed by atoms with Crippen LogP contribution in [-0.2, 0) is 9.47 Å². The molecule has 12 heavy (non-hydrogen) atoms. The van der Waals surface area contributed by atoms with E-state index >= 15 is 0 Å². The van der Waals surface area contributed by atoms with E-state index in [9.17, 15) is 0 Å². The van der Waals surface area contributed by atoms with Crippen molar-refractivity contribution in [3.8, 4) is 0 Å². The zero-order chi connectivity index (χ0) is 9.23. The summed E-state index contributed by atoms with van der Waals surface area (Å²) in [5, 5.41) is 0. The molecule has 0 aromatic heterocycles. The quantitative estimate of drug-likeness (QED) is 0.345. The molecule has 0 unspecified atom stereocenters. The minimum atomic E-state index is 0.615. The van der Waals surface area contributed by atoms with Crippen molar-refractivity contribution in [1.29, 1.82) is 0 Å². The monoisotopic (exact) mass is 174 g/mol. The Kier molecular flexibility index (Phi) is 8.05. The third kappa shape index (κ3) is 7.50. The van der Waals surface area contributed by atoms with Gasteiger partial charge in [0.15, 0.2) is 0 Å². The first-order chi connectivity index (χ1) is 5.81. The van der Waals surface area contributed by atoms with Crippen LogP contribution in [0.1, 0.15) is 13.3 Å². The molecule has 0 aromatic carbocycles. The van der Waals surface area contributed by atoms with E-state index in [0.29, 0.717) is 32.2 Å². The molecule has 0 atom stereocenters. The van der Waals surface area contributed by atoms with Gasteiger partial charge in [0.1, 0.15) is 0 Å². The normalized spacial score (nSPS) is 12.0. The van der Waals surface area contributed by atoms with E-state index in [1.165, 1.54) is 0 Å². The lowest BCUT2D eigenvalue weighted by atomic mass is 10.4. The summed E-state index contributed by atoms with van der Waals surface area (Å²) in [4.78, 5) is 4.07. The van der Waals surface area contributed by atoms with Crippen LogP contribution >= 0.6 is 0 Å². The molecular weight excluding hydrogens is 156 g/mol. The van der Waals surface area contributed by atoms with E-state index < -0.39 is 0 Å². The summed E-state index contributed by atoms with van der Waals surface area (Å²) < 4.78 is 9.99. The van der Waals surface area contributed by atoms with Gasteiger partial charge < -0.3 is 15.2 Å². The van der Waals surface area contributed by atoms with Gasteiger partial charge in [-0.05, 0) is 0 Å². The fourth-order valence-corrected chi connectivity index (χ4v) is 0.610. The molecule has 0 aliphatic rings. The van der Waals surface area contributed by atoms with E-state index in [-0.39, 0.29) is 0 Å². The summed E-state index contributed by atoms with van der Waals surface area (Å²) in [5.41, 5.74) is 5.48. The number of nitrogens with zero attached hydrogens (tertiary/aromatic N) is 1. The van der Waals surface area contributed by atoms with E-state index in [1.54, 1.807) is 7.11 Å². The van der Waals surface area contributed by atoms with Crippen molar-refractivity contribution in [3.63, 3.8) is 0 Å². The summed E-state index contributed by atoms with van der Waals surface area (Å²) >= 11 is 0. The van der Waals surface area contributed by atoms with Crippen LogP contribution in [0.4, 0.5) is 0 Å². The number of ether oxygens (including phenoxy) is 2. The van der Waals surface area contributed by atoms with Gasteiger partial charge >= 0.3 is 0 Å². The summed E-state index contributed by atoms with van der Waals surface area (Å²) in [6.07, 6.45) is 0.804. The number of aliphatic imine (C=N–C) groups is 1. The maximum Gasteiger partial charge on any atom is 0.0935 e. The number of amidine groups is 1. The van der Waals surface area contributed by atoms with Crippen LogP contribution in [0.5, 0.6) is 0 Å². The summed E-state index contributed by atoms with van der Waals surface area (Å²) in [5.74, 6) is 0.686. The van der Waals surface area contributed by atoms with E-state index in [2.05, 4.69) is 4.99 Å². The Labute approximate surface area is 73.8 Å². The molecule has 0 aliphatic heterocycles. The first kappa shape index (κ1) is 11.4. The Morgan fingerprint density at radius 3 is 2.67 bits per heavy atom. The molecule has 0 bridgehead atoms. The van der Waals surface area contributed by atoms with Gasteiger partial charge in [-0.25, -0.2) is 0 Å². The largest absolute Gasteiger partial charge is 0.387 e. The Morgan fingerprint density at radius 1 is 1.33 bits per heavy atom. The first-order valence-corrected chi connectivity index (χ1v) is 4.16. The molecule has 4 heteroatoms. The van der Waals surface area contributed by atoms with Crippen LogP contribution < -0.4 is 5.73 Å². The average molecular weight is 174 g/mol. The standard InChI is InChI=1S/C8H18N2O2/c1-3-8(9)10-4-5-12-7-6-11-2/h3-7H2,1-2H3,(H2,9,10). The van der Waals surface area contributed by atoms with Gasteiger partial charge in [-0.1, -0.05) is 6.92 Å². The molecule has 4 nitrogen and oxygen atoms in total. The number of hydrogen-bond donors (Lipinski definition) is 1. The highest BCUT2D eigenvalue weighted by atomic mass is 16.5. The van der Waals surface area contributed by atoms with Gasteiger partial charge in [0.2, 0.25) is 0 Å². The lowest BCUT2D eigenvalue weighted by molar-refractivity contribution is 0.0748. The fourth-order valence-electron chi connectivity index (χ4n) is 0.610. The predicted octanol–water partition coefficient (Wildman–Crippen LogP) is 0.417. The summed E-state index contributed by atoms with van der Waals surface area (Å²) in [6.45, 7) is 4.49. The van der Waals surface area contributed by atoms with Gasteiger partial charge in [-0.2, -0.15) is 0 Å². The van der Waals surface area contributed by atoms with Gasteiger partial charge in [0, 0.05) is 13.5 Å². The SMILES string of the molecule is CCC(N)=NCCOCCOC. The highest BCUT2D eigenvalue weighted by Crippen LogP contribution is 1.80. The van der Waals surface area contributed by atoms with Crippen LogP contribution in [0, 0.1) is 0 Å². The Bertz CT molecular complexity index is 126. The molecule has 0 saturated heterocycles. The second kappa shape index (κ2) is 8.49. The molecule has 72 valence electrons. The Morgan fingerprint density at radius 2 is 2.08 bits per heavy atom. The zero-order valence-corrected chi connectivity index (χ0v) is 7.88. The second-order valence-electron chi connectivity index (χ2n) is 2.33. The maximum absolute atomic E-state index is 5.48. The lowest BCUT2D eigenvalue weighted by Gasteiger charge is -2.00. The minimum Gasteiger partial charge on any atom is -0.387 e. The molecule has 0 spiro atoms. The highest BCUT2D eigenvalue weighted by Gasteiger charge is 1.87. The van der Waals surface area contributed by atoms with Gasteiger partial charge in [0.25, 0.3) is 0 Å². The van der Waals surface area contributed by atoms with Crippen molar-refractivity contribution in [3.05, 3.63) is 0 Å². The third-order valence-electron chi connectivity index (χ3n) is 1.34. The van der Waals surface area contributed by atoms with Crippen LogP contribution in [0.2, 0.25) is 0 Å². The molecule has 0 rings (SSSR count). The highest BCUT2D eigenvalue weighted by molar-refractivity contribution is 5.79. The lowest BCUT2D eigenvalue weighted by Crippen LogP contribution is -2.12. The molecule has 0 aromatic rings. The van der Waals surface area contributed by atoms with E-state index in [4.69, 9.17) is 15.2 Å². The second-order valence-corrected chi connectivity index (χ2v) is 2.33. The van der Waals surface area contributed by atoms with Crippen molar-refractivity contribution in [2.24, 2.45) is 10.7 Å². The predicted molar refractivity (Wildman–Crippen MR) is 49.5 cm³/mol. The summed E-state index contributed by atoms with van der Waals surface area (Å²) in [7, 11) is 1.65. The first-order valence-electron chi connectivity index (χ1n) is 4.16. The third-order valence-corrected chi connectivity index (χ3v) is 1.34. The molecule has 0 aliphatic carbocycles. The zero-order valence-electron chi connectivity index (χ0n) is 7.88. The van der Waals surface area contributed by atoms with Crippen LogP contribution in [0.25, 0.3) is 0 Å². The van der Waals surface area contributed by atoms with Crippen LogP contribution in [0.3, 0.4) is 0 Å². The topological polar surface area (TPSA) is 56.8 Å². The summed E-state index contributed by atoms with van der Waals surface area (Å²) in [6, 6.07) is 0. The van der Waals surface area contributed by atoms with Crippen LogP contribution in [0.15, 0.2) is 4.99 Å². The maximum atomic E-state index is 5.48. The number of nitrogens with two attached hydrogens (primary N) is 1. The van der Waals surface area contributed by atoms with Crippen molar-refractivity contribution >= 4 is 5.84 Å². The molecule has 0 radical (unpaired) electrons. The Hall–Kier alpha value is -0.610. The molecular formula is C8H18N2O2. The van der Waals surface area contributed by atoms with Crippen molar-refractivity contribution < 1.29 is 9.47 Å². The van der Waals surface area contributed by atoms with Crippen molar-refractivity contribution in [2.45, 2.75) is 13.3 Å². The smallest absolute Gasteiger partial charge is 0.0935 e. The molecule has 0 saturated carbocycles. The van der Waals surface area contributed by atoms with Gasteiger partial charge in [-0.15, -0.1) is 0 Å².